The second-order valence-corrected chi connectivity index (χ2v) is 10.4. The van der Waals surface area contributed by atoms with Crippen molar-refractivity contribution >= 4 is 33.1 Å². The molecule has 1 saturated heterocycles. The van der Waals surface area contributed by atoms with Crippen molar-refractivity contribution in [3.05, 3.63) is 29.8 Å². The van der Waals surface area contributed by atoms with Crippen molar-refractivity contribution in [3.63, 3.8) is 0 Å². The van der Waals surface area contributed by atoms with Gasteiger partial charge in [-0.3, -0.25) is 9.59 Å². The summed E-state index contributed by atoms with van der Waals surface area (Å²) in [6.45, 7) is 6.35. The molecule has 2 heterocycles. The van der Waals surface area contributed by atoms with Crippen molar-refractivity contribution in [1.29, 1.82) is 0 Å². The van der Waals surface area contributed by atoms with Crippen LogP contribution in [0.2, 0.25) is 0 Å². The molecule has 2 amide bonds. The summed E-state index contributed by atoms with van der Waals surface area (Å²) in [4.78, 5) is 24.7. The second-order valence-electron chi connectivity index (χ2n) is 8.12. The molecule has 0 radical (unpaired) electrons. The Kier molecular flexibility index (Phi) is 5.12. The smallest absolute Gasteiger partial charge is 0.271 e. The van der Waals surface area contributed by atoms with Crippen LogP contribution in [-0.4, -0.2) is 48.5 Å². The Bertz CT molecular complexity index is 883. The van der Waals surface area contributed by atoms with E-state index in [2.05, 4.69) is 31.2 Å². The van der Waals surface area contributed by atoms with Crippen molar-refractivity contribution in [2.24, 2.45) is 5.10 Å². The standard InChI is InChI=1S/C19H25N3O4S/c1-19(2,3)13-4-6-14(7-5-13)20-18(24)16-8-9-17(23)22(21-16)15-10-11-27(25,26)12-15/h4-7,15H,8-12H2,1-3H3,(H,20,24)/t15-/m1/s1. The lowest BCUT2D eigenvalue weighted by Gasteiger charge is -2.27. The van der Waals surface area contributed by atoms with E-state index in [4.69, 9.17) is 0 Å². The molecule has 7 nitrogen and oxygen atoms in total. The fourth-order valence-corrected chi connectivity index (χ4v) is 4.94. The van der Waals surface area contributed by atoms with Crippen LogP contribution in [0.1, 0.15) is 45.6 Å². The lowest BCUT2D eigenvalue weighted by molar-refractivity contribution is -0.133. The first-order valence-electron chi connectivity index (χ1n) is 9.07. The van der Waals surface area contributed by atoms with Crippen LogP contribution in [0, 0.1) is 0 Å². The molecule has 0 unspecified atom stereocenters. The van der Waals surface area contributed by atoms with Crippen molar-refractivity contribution in [2.45, 2.75) is 51.5 Å². The number of carbonyl (C=O) groups is 2. The highest BCUT2D eigenvalue weighted by molar-refractivity contribution is 7.91. The first kappa shape index (κ1) is 19.5. The number of rotatable bonds is 3. The molecule has 2 aliphatic rings. The van der Waals surface area contributed by atoms with E-state index in [0.717, 1.165) is 5.56 Å². The lowest BCUT2D eigenvalue weighted by Crippen LogP contribution is -2.42. The summed E-state index contributed by atoms with van der Waals surface area (Å²) in [6, 6.07) is 7.15. The van der Waals surface area contributed by atoms with E-state index < -0.39 is 15.9 Å². The van der Waals surface area contributed by atoms with Gasteiger partial charge in [0.2, 0.25) is 5.91 Å². The van der Waals surface area contributed by atoms with Gasteiger partial charge in [0.05, 0.1) is 17.5 Å². The van der Waals surface area contributed by atoms with Crippen molar-refractivity contribution in [3.8, 4) is 0 Å². The molecule has 3 rings (SSSR count). The third-order valence-electron chi connectivity index (χ3n) is 4.88. The summed E-state index contributed by atoms with van der Waals surface area (Å²) in [5.74, 6) is -0.635. The molecule has 1 aromatic carbocycles. The fourth-order valence-electron chi connectivity index (χ4n) is 3.24. The number of carbonyl (C=O) groups excluding carboxylic acids is 2. The normalized spacial score (nSPS) is 22.5. The average Bonchev–Trinajstić information content (AvgIpc) is 2.94. The maximum Gasteiger partial charge on any atom is 0.271 e. The van der Waals surface area contributed by atoms with E-state index >= 15 is 0 Å². The van der Waals surface area contributed by atoms with Gasteiger partial charge in [-0.15, -0.1) is 0 Å². The number of benzene rings is 1. The van der Waals surface area contributed by atoms with Gasteiger partial charge in [-0.1, -0.05) is 32.9 Å². The van der Waals surface area contributed by atoms with Gasteiger partial charge in [0.1, 0.15) is 5.71 Å². The zero-order valence-corrected chi connectivity index (χ0v) is 16.7. The van der Waals surface area contributed by atoms with Crippen LogP contribution >= 0.6 is 0 Å². The van der Waals surface area contributed by atoms with Gasteiger partial charge in [-0.05, 0) is 29.5 Å². The zero-order valence-electron chi connectivity index (χ0n) is 15.9. The Labute approximate surface area is 159 Å². The molecule has 0 spiro atoms. The number of amides is 2. The summed E-state index contributed by atoms with van der Waals surface area (Å²) >= 11 is 0. The first-order chi connectivity index (χ1) is 12.5. The molecule has 1 fully saturated rings. The maximum atomic E-state index is 12.5. The maximum absolute atomic E-state index is 12.5. The predicted octanol–water partition coefficient (Wildman–Crippen LogP) is 2.09. The molecule has 0 saturated carbocycles. The molecule has 2 aliphatic heterocycles. The van der Waals surface area contributed by atoms with E-state index in [-0.39, 0.29) is 47.3 Å². The highest BCUT2D eigenvalue weighted by atomic mass is 32.2. The van der Waals surface area contributed by atoms with Crippen LogP contribution in [0.25, 0.3) is 0 Å². The van der Waals surface area contributed by atoms with E-state index in [1.807, 2.05) is 24.3 Å². The Balaban J connectivity index is 1.72. The number of hydrogen-bond acceptors (Lipinski definition) is 5. The molecule has 8 heteroatoms. The SMILES string of the molecule is CC(C)(C)c1ccc(NC(=O)C2=NN([C@@H]3CCS(=O)(=O)C3)C(=O)CC2)cc1. The molecule has 0 aliphatic carbocycles. The highest BCUT2D eigenvalue weighted by Crippen LogP contribution is 2.24. The minimum Gasteiger partial charge on any atom is -0.321 e. The quantitative estimate of drug-likeness (QED) is 0.853. The van der Waals surface area contributed by atoms with Crippen molar-refractivity contribution < 1.29 is 18.0 Å². The number of nitrogens with zero attached hydrogens (tertiary/aromatic N) is 2. The van der Waals surface area contributed by atoms with Gasteiger partial charge in [-0.2, -0.15) is 5.10 Å². The summed E-state index contributed by atoms with van der Waals surface area (Å²) in [6.07, 6.45) is 0.771. The number of anilines is 1. The summed E-state index contributed by atoms with van der Waals surface area (Å²) in [7, 11) is -3.13. The average molecular weight is 391 g/mol. The van der Waals surface area contributed by atoms with E-state index in [9.17, 15) is 18.0 Å². The van der Waals surface area contributed by atoms with Crippen molar-refractivity contribution in [2.75, 3.05) is 16.8 Å². The number of sulfone groups is 1. The van der Waals surface area contributed by atoms with Gasteiger partial charge in [-0.25, -0.2) is 13.4 Å². The summed E-state index contributed by atoms with van der Waals surface area (Å²) < 4.78 is 23.4. The zero-order chi connectivity index (χ0) is 19.8. The third-order valence-corrected chi connectivity index (χ3v) is 6.64. The van der Waals surface area contributed by atoms with Gasteiger partial charge >= 0.3 is 0 Å². The summed E-state index contributed by atoms with van der Waals surface area (Å²) in [5, 5.41) is 8.19. The first-order valence-corrected chi connectivity index (χ1v) is 10.9. The monoisotopic (exact) mass is 391 g/mol. The molecular formula is C19H25N3O4S. The van der Waals surface area contributed by atoms with Gasteiger partial charge in [0.25, 0.3) is 5.91 Å². The van der Waals surface area contributed by atoms with Gasteiger partial charge in [0.15, 0.2) is 9.84 Å². The fraction of sp³-hybridized carbons (Fsp3) is 0.526. The topological polar surface area (TPSA) is 95.9 Å². The summed E-state index contributed by atoms with van der Waals surface area (Å²) in [5.41, 5.74) is 2.09. The highest BCUT2D eigenvalue weighted by Gasteiger charge is 2.37. The number of hydrazone groups is 1. The van der Waals surface area contributed by atoms with E-state index in [1.54, 1.807) is 0 Å². The van der Waals surface area contributed by atoms with E-state index in [1.165, 1.54) is 5.01 Å². The molecule has 1 aromatic rings. The molecular weight excluding hydrogens is 366 g/mol. The molecule has 0 aromatic heterocycles. The number of hydrogen-bond donors (Lipinski definition) is 1. The minimum absolute atomic E-state index is 0.0263. The van der Waals surface area contributed by atoms with E-state index in [0.29, 0.717) is 12.1 Å². The Morgan fingerprint density at radius 2 is 1.85 bits per heavy atom. The van der Waals surface area contributed by atoms with Crippen LogP contribution in [-0.2, 0) is 24.8 Å². The molecule has 0 bridgehead atoms. The Morgan fingerprint density at radius 3 is 2.41 bits per heavy atom. The Morgan fingerprint density at radius 1 is 1.19 bits per heavy atom. The van der Waals surface area contributed by atoms with Crippen LogP contribution in [0.15, 0.2) is 29.4 Å². The van der Waals surface area contributed by atoms with Crippen LogP contribution in [0.5, 0.6) is 0 Å². The van der Waals surface area contributed by atoms with Crippen LogP contribution in [0.3, 0.4) is 0 Å². The van der Waals surface area contributed by atoms with Gasteiger partial charge < -0.3 is 5.32 Å². The van der Waals surface area contributed by atoms with Crippen LogP contribution < -0.4 is 5.32 Å². The van der Waals surface area contributed by atoms with Crippen molar-refractivity contribution in [1.82, 2.24) is 5.01 Å². The second kappa shape index (κ2) is 7.07. The Hall–Kier alpha value is -2.22. The molecule has 146 valence electrons. The minimum atomic E-state index is -3.13. The predicted molar refractivity (Wildman–Crippen MR) is 104 cm³/mol. The third kappa shape index (κ3) is 4.55. The largest absolute Gasteiger partial charge is 0.321 e. The lowest BCUT2D eigenvalue weighted by atomic mass is 9.87. The molecule has 1 N–H and O–H groups in total. The van der Waals surface area contributed by atoms with Crippen LogP contribution in [0.4, 0.5) is 5.69 Å². The molecule has 27 heavy (non-hydrogen) atoms. The van der Waals surface area contributed by atoms with Gasteiger partial charge in [0, 0.05) is 18.5 Å². The molecule has 1 atom stereocenters. The number of nitrogens with one attached hydrogen (secondary N) is 1.